The second-order valence-electron chi connectivity index (χ2n) is 8.63. The van der Waals surface area contributed by atoms with E-state index in [1.165, 1.54) is 10.9 Å². The fourth-order valence-corrected chi connectivity index (χ4v) is 4.17. The number of morpholine rings is 1. The van der Waals surface area contributed by atoms with E-state index in [0.29, 0.717) is 54.2 Å². The molecule has 0 radical (unpaired) electrons. The number of amides is 1. The SMILES string of the molecule is C[C@@H](CO)n1cnc2c(-c3cnn(C)c3)nc(-c3ccc(C(=O)N4CCOCC4)cc3)cc2c1=O. The second-order valence-corrected chi connectivity index (χ2v) is 8.63. The van der Waals surface area contributed by atoms with Gasteiger partial charge in [0, 0.05) is 43.0 Å². The van der Waals surface area contributed by atoms with Crippen LogP contribution in [0.1, 0.15) is 23.3 Å². The molecule has 1 atom stereocenters. The largest absolute Gasteiger partial charge is 0.394 e. The number of aryl methyl sites for hydroxylation is 1. The van der Waals surface area contributed by atoms with Gasteiger partial charge in [-0.25, -0.2) is 9.97 Å². The van der Waals surface area contributed by atoms with Crippen molar-refractivity contribution in [2.75, 3.05) is 32.9 Å². The van der Waals surface area contributed by atoms with E-state index in [0.717, 1.165) is 11.1 Å². The lowest BCUT2D eigenvalue weighted by molar-refractivity contribution is 0.0303. The van der Waals surface area contributed by atoms with Gasteiger partial charge in [0.2, 0.25) is 0 Å². The number of hydrogen-bond acceptors (Lipinski definition) is 7. The monoisotopic (exact) mass is 474 g/mol. The van der Waals surface area contributed by atoms with Crippen molar-refractivity contribution in [2.24, 2.45) is 7.05 Å². The van der Waals surface area contributed by atoms with Gasteiger partial charge < -0.3 is 14.7 Å². The third kappa shape index (κ3) is 4.33. The van der Waals surface area contributed by atoms with Crippen molar-refractivity contribution in [3.63, 3.8) is 0 Å². The molecule has 1 amide bonds. The van der Waals surface area contributed by atoms with Gasteiger partial charge in [-0.15, -0.1) is 0 Å². The lowest BCUT2D eigenvalue weighted by Gasteiger charge is -2.26. The number of pyridine rings is 1. The van der Waals surface area contributed by atoms with Gasteiger partial charge in [-0.3, -0.25) is 18.8 Å². The zero-order chi connectivity index (χ0) is 24.5. The summed E-state index contributed by atoms with van der Waals surface area (Å²) in [6, 6.07) is 8.52. The van der Waals surface area contributed by atoms with E-state index in [-0.39, 0.29) is 18.1 Å². The molecule has 0 saturated carbocycles. The molecule has 1 aromatic carbocycles. The maximum Gasteiger partial charge on any atom is 0.261 e. The van der Waals surface area contributed by atoms with Crippen LogP contribution >= 0.6 is 0 Å². The molecule has 0 aliphatic carbocycles. The van der Waals surface area contributed by atoms with Crippen LogP contribution in [0.25, 0.3) is 33.4 Å². The van der Waals surface area contributed by atoms with Crippen LogP contribution in [0.2, 0.25) is 0 Å². The number of carbonyl (C=O) groups is 1. The van der Waals surface area contributed by atoms with E-state index in [9.17, 15) is 14.7 Å². The Morgan fingerprint density at radius 2 is 1.91 bits per heavy atom. The molecule has 1 saturated heterocycles. The van der Waals surface area contributed by atoms with E-state index in [2.05, 4.69) is 10.1 Å². The van der Waals surface area contributed by atoms with Crippen LogP contribution in [0.15, 0.2) is 53.8 Å². The quantitative estimate of drug-likeness (QED) is 0.470. The van der Waals surface area contributed by atoms with Gasteiger partial charge in [-0.05, 0) is 25.1 Å². The molecular weight excluding hydrogens is 448 g/mol. The Hall–Kier alpha value is -3.89. The maximum absolute atomic E-state index is 13.3. The van der Waals surface area contributed by atoms with Crippen LogP contribution in [0.5, 0.6) is 0 Å². The van der Waals surface area contributed by atoms with Crippen molar-refractivity contribution in [3.05, 3.63) is 65.0 Å². The van der Waals surface area contributed by atoms with E-state index < -0.39 is 6.04 Å². The van der Waals surface area contributed by atoms with Gasteiger partial charge in [0.05, 0.1) is 49.5 Å². The first-order chi connectivity index (χ1) is 17.0. The third-order valence-corrected chi connectivity index (χ3v) is 6.21. The van der Waals surface area contributed by atoms with Crippen molar-refractivity contribution in [1.29, 1.82) is 0 Å². The van der Waals surface area contributed by atoms with Gasteiger partial charge in [0.1, 0.15) is 11.2 Å². The first-order valence-corrected chi connectivity index (χ1v) is 11.5. The van der Waals surface area contributed by atoms with E-state index in [1.807, 2.05) is 25.4 Å². The zero-order valence-electron chi connectivity index (χ0n) is 19.6. The summed E-state index contributed by atoms with van der Waals surface area (Å²) in [7, 11) is 1.81. The molecule has 10 heteroatoms. The van der Waals surface area contributed by atoms with Crippen molar-refractivity contribution in [1.82, 2.24) is 29.2 Å². The molecule has 1 fully saturated rings. The third-order valence-electron chi connectivity index (χ3n) is 6.21. The Balaban J connectivity index is 1.61. The number of nitrogens with zero attached hydrogens (tertiary/aromatic N) is 6. The molecule has 4 aromatic rings. The van der Waals surface area contributed by atoms with Crippen LogP contribution in [-0.2, 0) is 11.8 Å². The predicted molar refractivity (Wildman–Crippen MR) is 130 cm³/mol. The molecule has 10 nitrogen and oxygen atoms in total. The van der Waals surface area contributed by atoms with Crippen molar-refractivity contribution in [2.45, 2.75) is 13.0 Å². The molecule has 0 spiro atoms. The highest BCUT2D eigenvalue weighted by Gasteiger charge is 2.20. The molecule has 0 bridgehead atoms. The number of rotatable bonds is 5. The molecule has 4 heterocycles. The second kappa shape index (κ2) is 9.40. The number of fused-ring (bicyclic) bond motifs is 1. The highest BCUT2D eigenvalue weighted by molar-refractivity contribution is 5.96. The number of carbonyl (C=O) groups excluding carboxylic acids is 1. The van der Waals surface area contributed by atoms with Gasteiger partial charge in [0.25, 0.3) is 11.5 Å². The number of benzene rings is 1. The lowest BCUT2D eigenvalue weighted by atomic mass is 10.0. The molecular formula is C25H26N6O4. The molecule has 1 aliphatic heterocycles. The van der Waals surface area contributed by atoms with Crippen LogP contribution in [-0.4, -0.2) is 73.1 Å². The van der Waals surface area contributed by atoms with Gasteiger partial charge in [-0.1, -0.05) is 12.1 Å². The smallest absolute Gasteiger partial charge is 0.261 e. The highest BCUT2D eigenvalue weighted by Crippen LogP contribution is 2.29. The molecule has 1 aliphatic rings. The molecule has 1 N–H and O–H groups in total. The standard InChI is InChI=1S/C25H26N6O4/c1-16(14-32)31-15-26-23-20(25(31)34)11-21(28-22(23)19-12-27-29(2)13-19)17-3-5-18(6-4-17)24(33)30-7-9-35-10-8-30/h3-6,11-13,15-16,32H,7-10,14H2,1-2H3/t16-/m0/s1. The average molecular weight is 475 g/mol. The predicted octanol–water partition coefficient (Wildman–Crippen LogP) is 1.88. The Bertz CT molecular complexity index is 1440. The maximum atomic E-state index is 13.3. The Labute approximate surface area is 201 Å². The Morgan fingerprint density at radius 3 is 2.57 bits per heavy atom. The van der Waals surface area contributed by atoms with E-state index in [1.54, 1.807) is 40.9 Å². The molecule has 5 rings (SSSR count). The van der Waals surface area contributed by atoms with Gasteiger partial charge in [-0.2, -0.15) is 5.10 Å². The number of aliphatic hydroxyl groups excluding tert-OH is 1. The summed E-state index contributed by atoms with van der Waals surface area (Å²) in [5, 5.41) is 14.2. The minimum atomic E-state index is -0.414. The topological polar surface area (TPSA) is 115 Å². The summed E-state index contributed by atoms with van der Waals surface area (Å²) in [5.41, 5.74) is 3.41. The fraction of sp³-hybridized carbons (Fsp3) is 0.320. The van der Waals surface area contributed by atoms with Crippen LogP contribution in [0, 0.1) is 0 Å². The van der Waals surface area contributed by atoms with Crippen molar-refractivity contribution >= 4 is 16.8 Å². The average Bonchev–Trinajstić information content (AvgIpc) is 3.34. The summed E-state index contributed by atoms with van der Waals surface area (Å²) in [6.07, 6.45) is 4.94. The number of aromatic nitrogens is 5. The number of aliphatic hydroxyl groups is 1. The molecule has 3 aromatic heterocycles. The van der Waals surface area contributed by atoms with Crippen LogP contribution in [0.3, 0.4) is 0 Å². The van der Waals surface area contributed by atoms with Gasteiger partial charge >= 0.3 is 0 Å². The first-order valence-electron chi connectivity index (χ1n) is 11.5. The fourth-order valence-electron chi connectivity index (χ4n) is 4.17. The van der Waals surface area contributed by atoms with Crippen LogP contribution in [0.4, 0.5) is 0 Å². The zero-order valence-corrected chi connectivity index (χ0v) is 19.6. The Morgan fingerprint density at radius 1 is 1.17 bits per heavy atom. The van der Waals surface area contributed by atoms with Crippen LogP contribution < -0.4 is 5.56 Å². The summed E-state index contributed by atoms with van der Waals surface area (Å²) in [6.45, 7) is 3.81. The van der Waals surface area contributed by atoms with Crippen molar-refractivity contribution in [3.8, 4) is 22.5 Å². The number of ether oxygens (including phenoxy) is 1. The first kappa shape index (κ1) is 22.9. The summed E-state index contributed by atoms with van der Waals surface area (Å²) in [4.78, 5) is 37.3. The van der Waals surface area contributed by atoms with Crippen molar-refractivity contribution < 1.29 is 14.6 Å². The summed E-state index contributed by atoms with van der Waals surface area (Å²) in [5.74, 6) is -0.0348. The number of hydrogen-bond donors (Lipinski definition) is 1. The van der Waals surface area contributed by atoms with E-state index in [4.69, 9.17) is 9.72 Å². The van der Waals surface area contributed by atoms with E-state index >= 15 is 0 Å². The molecule has 0 unspecified atom stereocenters. The molecule has 180 valence electrons. The highest BCUT2D eigenvalue weighted by atomic mass is 16.5. The normalized spacial score (nSPS) is 14.9. The summed E-state index contributed by atoms with van der Waals surface area (Å²) >= 11 is 0. The minimum Gasteiger partial charge on any atom is -0.394 e. The Kier molecular flexibility index (Phi) is 6.14. The minimum absolute atomic E-state index is 0.0348. The lowest BCUT2D eigenvalue weighted by Crippen LogP contribution is -2.40. The molecule has 35 heavy (non-hydrogen) atoms. The summed E-state index contributed by atoms with van der Waals surface area (Å²) < 4.78 is 8.42. The van der Waals surface area contributed by atoms with Gasteiger partial charge in [0.15, 0.2) is 0 Å².